The number of hydrogen-bond donors (Lipinski definition) is 1. The van der Waals surface area contributed by atoms with Gasteiger partial charge in [0, 0.05) is 19.2 Å². The van der Waals surface area contributed by atoms with Crippen LogP contribution in [0.2, 0.25) is 0 Å². The lowest BCUT2D eigenvalue weighted by Gasteiger charge is -2.16. The van der Waals surface area contributed by atoms with Crippen LogP contribution >= 0.6 is 0 Å². The molecule has 0 saturated carbocycles. The topological polar surface area (TPSA) is 40.5 Å². The van der Waals surface area contributed by atoms with Crippen LogP contribution in [0.5, 0.6) is 0 Å². The van der Waals surface area contributed by atoms with Gasteiger partial charge in [-0.25, -0.2) is 0 Å². The largest absolute Gasteiger partial charge is 0.392 e. The van der Waals surface area contributed by atoms with Gasteiger partial charge < -0.3 is 10.0 Å². The second-order valence-electron chi connectivity index (χ2n) is 4.25. The highest BCUT2D eigenvalue weighted by molar-refractivity contribution is 5.88. The molecule has 0 heterocycles. The molecule has 0 aliphatic rings. The Hall–Kier alpha value is -1.09. The summed E-state index contributed by atoms with van der Waals surface area (Å²) in [5, 5.41) is 8.84. The maximum Gasteiger partial charge on any atom is 0.246 e. The zero-order valence-electron chi connectivity index (χ0n) is 11.5. The van der Waals surface area contributed by atoms with Gasteiger partial charge in [0.05, 0.1) is 6.61 Å². The molecule has 0 aromatic rings. The van der Waals surface area contributed by atoms with E-state index in [1.807, 2.05) is 33.8 Å². The molecule has 3 heteroatoms. The quantitative estimate of drug-likeness (QED) is 0.548. The SMILES string of the molecule is CCN(CC)C(=O)/C=C(/C)CC/C=C(\C)CO. The lowest BCUT2D eigenvalue weighted by Crippen LogP contribution is -2.28. The fourth-order valence-corrected chi connectivity index (χ4v) is 1.52. The molecule has 1 amide bonds. The highest BCUT2D eigenvalue weighted by atomic mass is 16.3. The summed E-state index contributed by atoms with van der Waals surface area (Å²) in [6.07, 6.45) is 5.47. The van der Waals surface area contributed by atoms with Gasteiger partial charge in [-0.05, 0) is 40.5 Å². The van der Waals surface area contributed by atoms with Crippen molar-refractivity contribution in [3.8, 4) is 0 Å². The molecule has 0 aromatic heterocycles. The van der Waals surface area contributed by atoms with Crippen molar-refractivity contribution in [1.82, 2.24) is 4.90 Å². The first-order valence-corrected chi connectivity index (χ1v) is 6.27. The van der Waals surface area contributed by atoms with E-state index in [4.69, 9.17) is 5.11 Å². The first kappa shape index (κ1) is 15.9. The maximum absolute atomic E-state index is 11.8. The summed E-state index contributed by atoms with van der Waals surface area (Å²) in [5.74, 6) is 0.0929. The van der Waals surface area contributed by atoms with Gasteiger partial charge in [0.2, 0.25) is 5.91 Å². The van der Waals surface area contributed by atoms with Gasteiger partial charge in [0.15, 0.2) is 0 Å². The van der Waals surface area contributed by atoms with Crippen LogP contribution in [-0.4, -0.2) is 35.6 Å². The van der Waals surface area contributed by atoms with Gasteiger partial charge in [-0.1, -0.05) is 17.2 Å². The molecule has 0 bridgehead atoms. The summed E-state index contributed by atoms with van der Waals surface area (Å²) in [6, 6.07) is 0. The van der Waals surface area contributed by atoms with Crippen molar-refractivity contribution >= 4 is 5.91 Å². The van der Waals surface area contributed by atoms with Crippen LogP contribution in [0.15, 0.2) is 23.3 Å². The fraction of sp³-hybridized carbons (Fsp3) is 0.643. The molecular formula is C14H25NO2. The van der Waals surface area contributed by atoms with Gasteiger partial charge in [-0.2, -0.15) is 0 Å². The lowest BCUT2D eigenvalue weighted by molar-refractivity contribution is -0.125. The Balaban J connectivity index is 4.21. The molecule has 3 nitrogen and oxygen atoms in total. The van der Waals surface area contributed by atoms with Crippen molar-refractivity contribution < 1.29 is 9.90 Å². The van der Waals surface area contributed by atoms with E-state index in [1.54, 1.807) is 11.0 Å². The third-order valence-corrected chi connectivity index (χ3v) is 2.73. The van der Waals surface area contributed by atoms with E-state index in [9.17, 15) is 4.79 Å². The normalized spacial score (nSPS) is 12.8. The van der Waals surface area contributed by atoms with E-state index in [1.165, 1.54) is 0 Å². The summed E-state index contributed by atoms with van der Waals surface area (Å²) in [4.78, 5) is 13.6. The smallest absolute Gasteiger partial charge is 0.246 e. The lowest BCUT2D eigenvalue weighted by atomic mass is 10.1. The first-order valence-electron chi connectivity index (χ1n) is 6.27. The molecule has 0 rings (SSSR count). The van der Waals surface area contributed by atoms with E-state index >= 15 is 0 Å². The van der Waals surface area contributed by atoms with Crippen molar-refractivity contribution in [3.05, 3.63) is 23.3 Å². The van der Waals surface area contributed by atoms with E-state index in [2.05, 4.69) is 0 Å². The predicted octanol–water partition coefficient (Wildman–Crippen LogP) is 2.52. The Bertz CT molecular complexity index is 289. The number of carbonyl (C=O) groups excluding carboxylic acids is 1. The van der Waals surface area contributed by atoms with Crippen molar-refractivity contribution in [2.75, 3.05) is 19.7 Å². The molecule has 0 saturated heterocycles. The third kappa shape index (κ3) is 6.95. The average molecular weight is 239 g/mol. The molecule has 0 aliphatic heterocycles. The van der Waals surface area contributed by atoms with Crippen LogP contribution in [0.1, 0.15) is 40.5 Å². The van der Waals surface area contributed by atoms with Crippen molar-refractivity contribution in [2.24, 2.45) is 0 Å². The molecular weight excluding hydrogens is 214 g/mol. The number of aliphatic hydroxyl groups excluding tert-OH is 1. The Morgan fingerprint density at radius 1 is 1.18 bits per heavy atom. The van der Waals surface area contributed by atoms with Crippen molar-refractivity contribution in [3.63, 3.8) is 0 Å². The Morgan fingerprint density at radius 2 is 1.76 bits per heavy atom. The fourth-order valence-electron chi connectivity index (χ4n) is 1.52. The molecule has 0 atom stereocenters. The zero-order valence-corrected chi connectivity index (χ0v) is 11.5. The van der Waals surface area contributed by atoms with E-state index in [0.29, 0.717) is 0 Å². The van der Waals surface area contributed by atoms with Crippen LogP contribution in [0.3, 0.4) is 0 Å². The monoisotopic (exact) mass is 239 g/mol. The minimum Gasteiger partial charge on any atom is -0.392 e. The first-order chi connectivity index (χ1) is 8.04. The van der Waals surface area contributed by atoms with Gasteiger partial charge >= 0.3 is 0 Å². The standard InChI is InChI=1S/C14H25NO2/c1-5-15(6-2)14(17)10-12(3)8-7-9-13(4)11-16/h9-10,16H,5-8,11H2,1-4H3/b12-10-,13-9+. The Kier molecular flexibility index (Phi) is 8.42. The number of rotatable bonds is 7. The van der Waals surface area contributed by atoms with Crippen LogP contribution in [0.25, 0.3) is 0 Å². The van der Waals surface area contributed by atoms with E-state index < -0.39 is 0 Å². The molecule has 0 aromatic carbocycles. The van der Waals surface area contributed by atoms with Gasteiger partial charge in [-0.3, -0.25) is 4.79 Å². The van der Waals surface area contributed by atoms with Crippen LogP contribution < -0.4 is 0 Å². The number of nitrogens with zero attached hydrogens (tertiary/aromatic N) is 1. The van der Waals surface area contributed by atoms with Crippen molar-refractivity contribution in [1.29, 1.82) is 0 Å². The second-order valence-corrected chi connectivity index (χ2v) is 4.25. The van der Waals surface area contributed by atoms with Gasteiger partial charge in [0.25, 0.3) is 0 Å². The third-order valence-electron chi connectivity index (χ3n) is 2.73. The van der Waals surface area contributed by atoms with E-state index in [0.717, 1.165) is 37.1 Å². The predicted molar refractivity (Wildman–Crippen MR) is 71.8 cm³/mol. The molecule has 0 spiro atoms. The van der Waals surface area contributed by atoms with Crippen LogP contribution in [0.4, 0.5) is 0 Å². The number of hydrogen-bond acceptors (Lipinski definition) is 2. The Labute approximate surface area is 105 Å². The molecule has 98 valence electrons. The molecule has 0 unspecified atom stereocenters. The van der Waals surface area contributed by atoms with E-state index in [-0.39, 0.29) is 12.5 Å². The number of allylic oxidation sites excluding steroid dienone is 2. The molecule has 0 radical (unpaired) electrons. The highest BCUT2D eigenvalue weighted by Gasteiger charge is 2.05. The number of likely N-dealkylation sites (N-methyl/N-ethyl adjacent to an activating group) is 1. The van der Waals surface area contributed by atoms with Crippen LogP contribution in [-0.2, 0) is 4.79 Å². The maximum atomic E-state index is 11.8. The summed E-state index contributed by atoms with van der Waals surface area (Å²) < 4.78 is 0. The summed E-state index contributed by atoms with van der Waals surface area (Å²) in [7, 11) is 0. The number of amides is 1. The zero-order chi connectivity index (χ0) is 13.3. The minimum atomic E-state index is 0.0929. The number of aliphatic hydroxyl groups is 1. The van der Waals surface area contributed by atoms with Crippen molar-refractivity contribution in [2.45, 2.75) is 40.5 Å². The van der Waals surface area contributed by atoms with Crippen LogP contribution in [0, 0.1) is 0 Å². The number of carbonyl (C=O) groups is 1. The second kappa shape index (κ2) is 8.99. The summed E-state index contributed by atoms with van der Waals surface area (Å²) in [5.41, 5.74) is 2.07. The molecule has 0 aliphatic carbocycles. The Morgan fingerprint density at radius 3 is 2.24 bits per heavy atom. The van der Waals surface area contributed by atoms with Gasteiger partial charge in [-0.15, -0.1) is 0 Å². The summed E-state index contributed by atoms with van der Waals surface area (Å²) >= 11 is 0. The average Bonchev–Trinajstić information content (AvgIpc) is 2.30. The van der Waals surface area contributed by atoms with Gasteiger partial charge in [0.1, 0.15) is 0 Å². The molecule has 17 heavy (non-hydrogen) atoms. The summed E-state index contributed by atoms with van der Waals surface area (Å²) in [6.45, 7) is 9.46. The molecule has 0 fully saturated rings. The minimum absolute atomic E-state index is 0.0929. The highest BCUT2D eigenvalue weighted by Crippen LogP contribution is 2.07. The molecule has 1 N–H and O–H groups in total.